The molecular formula is C10H20Zn. The van der Waals surface area contributed by atoms with E-state index in [0.29, 0.717) is 0 Å². The summed E-state index contributed by atoms with van der Waals surface area (Å²) in [5.41, 5.74) is 0. The zero-order valence-corrected chi connectivity index (χ0v) is 11.2. The molecule has 0 radical (unpaired) electrons. The van der Waals surface area contributed by atoms with Crippen LogP contribution in [0.15, 0.2) is 0 Å². The first kappa shape index (κ1) is 14.2. The van der Waals surface area contributed by atoms with Crippen LogP contribution in [0.1, 0.15) is 46.5 Å². The Balaban J connectivity index is 0. The summed E-state index contributed by atoms with van der Waals surface area (Å²) in [5.74, 6) is 0.911. The van der Waals surface area contributed by atoms with Crippen molar-refractivity contribution < 1.29 is 19.5 Å². The summed E-state index contributed by atoms with van der Waals surface area (Å²) in [6, 6.07) is 0. The van der Waals surface area contributed by atoms with Crippen LogP contribution in [0, 0.1) is 18.8 Å². The molecule has 0 unspecified atom stereocenters. The van der Waals surface area contributed by atoms with Crippen LogP contribution in [0.4, 0.5) is 0 Å². The summed E-state index contributed by atoms with van der Waals surface area (Å²) in [6.07, 6.45) is 10.1. The molecule has 0 aromatic rings. The third kappa shape index (κ3) is 10.6. The Morgan fingerprint density at radius 2 is 1.82 bits per heavy atom. The Labute approximate surface area is 84.9 Å². The maximum absolute atomic E-state index is 2.43. The van der Waals surface area contributed by atoms with Crippen molar-refractivity contribution in [2.24, 2.45) is 5.92 Å². The van der Waals surface area contributed by atoms with E-state index in [-0.39, 0.29) is 19.5 Å². The fourth-order valence-corrected chi connectivity index (χ4v) is 1.13. The largest absolute Gasteiger partial charge is 2.00 e. The quantitative estimate of drug-likeness (QED) is 0.419. The van der Waals surface area contributed by atoms with Crippen molar-refractivity contribution in [2.45, 2.75) is 46.5 Å². The van der Waals surface area contributed by atoms with Crippen molar-refractivity contribution in [3.05, 3.63) is 12.8 Å². The Morgan fingerprint density at radius 1 is 1.27 bits per heavy atom. The predicted octanol–water partition coefficient (Wildman–Crippen LogP) is 3.63. The zero-order valence-electron chi connectivity index (χ0n) is 8.27. The van der Waals surface area contributed by atoms with Gasteiger partial charge in [0.15, 0.2) is 0 Å². The van der Waals surface area contributed by atoms with Crippen LogP contribution in [0.2, 0.25) is 0 Å². The van der Waals surface area contributed by atoms with Crippen molar-refractivity contribution in [1.29, 1.82) is 0 Å². The molecule has 0 nitrogen and oxygen atoms in total. The predicted molar refractivity (Wildman–Crippen MR) is 47.6 cm³/mol. The van der Waals surface area contributed by atoms with E-state index >= 15 is 0 Å². The van der Waals surface area contributed by atoms with E-state index in [0.717, 1.165) is 5.92 Å². The van der Waals surface area contributed by atoms with Gasteiger partial charge in [0.05, 0.1) is 0 Å². The van der Waals surface area contributed by atoms with Crippen LogP contribution >= 0.6 is 0 Å². The first-order valence-electron chi connectivity index (χ1n) is 4.38. The standard InChI is InChI=1S/C7H13.C3H7.Zn/c1-7-5-3-2-4-6-7;1-3-2;/h5,7H,2-4,6H2,1H3;3H,1-2H3;/q2*-1;+2/t7-;;/m0../s1. The van der Waals surface area contributed by atoms with Crippen LogP contribution in [-0.4, -0.2) is 0 Å². The smallest absolute Gasteiger partial charge is 0.335 e. The fraction of sp³-hybridized carbons (Fsp3) is 0.800. The minimum atomic E-state index is 0. The number of hydrogen-bond acceptors (Lipinski definition) is 0. The van der Waals surface area contributed by atoms with Crippen LogP contribution < -0.4 is 0 Å². The van der Waals surface area contributed by atoms with Crippen molar-refractivity contribution >= 4 is 0 Å². The van der Waals surface area contributed by atoms with E-state index in [9.17, 15) is 0 Å². The molecule has 0 aliphatic heterocycles. The van der Waals surface area contributed by atoms with E-state index in [1.54, 1.807) is 0 Å². The Hall–Kier alpha value is 0.623. The summed E-state index contributed by atoms with van der Waals surface area (Å²) < 4.78 is 0. The molecule has 0 heterocycles. The summed E-state index contributed by atoms with van der Waals surface area (Å²) in [6.45, 7) is 6.30. The van der Waals surface area contributed by atoms with E-state index in [2.05, 4.69) is 13.3 Å². The SMILES string of the molecule is C[C@H]1[CH-]CCCC1.C[CH-]C.[Zn+2]. The van der Waals surface area contributed by atoms with Gasteiger partial charge in [-0.25, -0.2) is 0 Å². The van der Waals surface area contributed by atoms with Gasteiger partial charge in [0, 0.05) is 0 Å². The molecule has 0 aromatic heterocycles. The Bertz CT molecular complexity index is 55.9. The van der Waals surface area contributed by atoms with Gasteiger partial charge in [-0.15, -0.1) is 0 Å². The van der Waals surface area contributed by atoms with Gasteiger partial charge in [0.25, 0.3) is 0 Å². The average molecular weight is 206 g/mol. The van der Waals surface area contributed by atoms with Crippen LogP contribution in [0.3, 0.4) is 0 Å². The molecule has 1 saturated carbocycles. The summed E-state index contributed by atoms with van der Waals surface area (Å²) in [5, 5.41) is 0. The summed E-state index contributed by atoms with van der Waals surface area (Å²) in [4.78, 5) is 0. The third-order valence-corrected chi connectivity index (χ3v) is 1.68. The summed E-state index contributed by atoms with van der Waals surface area (Å²) >= 11 is 0. The fourth-order valence-electron chi connectivity index (χ4n) is 1.13. The van der Waals surface area contributed by atoms with Crippen molar-refractivity contribution in [1.82, 2.24) is 0 Å². The third-order valence-electron chi connectivity index (χ3n) is 1.68. The van der Waals surface area contributed by atoms with E-state index in [1.165, 1.54) is 25.7 Å². The number of hydrogen-bond donors (Lipinski definition) is 0. The van der Waals surface area contributed by atoms with E-state index < -0.39 is 0 Å². The van der Waals surface area contributed by atoms with Crippen molar-refractivity contribution in [3.8, 4) is 0 Å². The van der Waals surface area contributed by atoms with Gasteiger partial charge in [-0.1, -0.05) is 26.2 Å². The van der Waals surface area contributed by atoms with Gasteiger partial charge in [0.1, 0.15) is 0 Å². The molecule has 1 rings (SSSR count). The molecule has 62 valence electrons. The molecule has 1 atom stereocenters. The maximum atomic E-state index is 2.43. The molecule has 1 fully saturated rings. The van der Waals surface area contributed by atoms with Crippen LogP contribution in [0.5, 0.6) is 0 Å². The minimum absolute atomic E-state index is 0. The molecule has 0 amide bonds. The molecule has 1 aliphatic rings. The minimum Gasteiger partial charge on any atom is -0.335 e. The van der Waals surface area contributed by atoms with Crippen LogP contribution in [0.25, 0.3) is 0 Å². The molecule has 1 aliphatic carbocycles. The first-order valence-corrected chi connectivity index (χ1v) is 4.38. The van der Waals surface area contributed by atoms with Crippen LogP contribution in [-0.2, 0) is 19.5 Å². The van der Waals surface area contributed by atoms with Crippen molar-refractivity contribution in [3.63, 3.8) is 0 Å². The van der Waals surface area contributed by atoms with Gasteiger partial charge < -0.3 is 12.8 Å². The molecule has 0 bridgehead atoms. The first-order chi connectivity index (χ1) is 4.81. The normalized spacial score (nSPS) is 22.6. The van der Waals surface area contributed by atoms with Crippen molar-refractivity contribution in [2.75, 3.05) is 0 Å². The Kier molecular flexibility index (Phi) is 13.7. The molecule has 0 spiro atoms. The second-order valence-electron chi connectivity index (χ2n) is 3.07. The van der Waals surface area contributed by atoms with Gasteiger partial charge in [-0.3, -0.25) is 0 Å². The summed E-state index contributed by atoms with van der Waals surface area (Å²) in [7, 11) is 0. The zero-order chi connectivity index (χ0) is 7.82. The molecular weight excluding hydrogens is 185 g/mol. The van der Waals surface area contributed by atoms with E-state index in [4.69, 9.17) is 0 Å². The van der Waals surface area contributed by atoms with Gasteiger partial charge in [0.2, 0.25) is 0 Å². The second kappa shape index (κ2) is 10.6. The van der Waals surface area contributed by atoms with E-state index in [1.807, 2.05) is 20.3 Å². The van der Waals surface area contributed by atoms with Gasteiger partial charge in [-0.05, 0) is 0 Å². The van der Waals surface area contributed by atoms with Gasteiger partial charge >= 0.3 is 19.5 Å². The monoisotopic (exact) mass is 204 g/mol. The Morgan fingerprint density at radius 3 is 2.00 bits per heavy atom. The maximum Gasteiger partial charge on any atom is 2.00 e. The molecule has 0 saturated heterocycles. The number of rotatable bonds is 0. The topological polar surface area (TPSA) is 0 Å². The molecule has 0 N–H and O–H groups in total. The molecule has 1 heteroatoms. The average Bonchev–Trinajstić information content (AvgIpc) is 1.91. The second-order valence-corrected chi connectivity index (χ2v) is 3.07. The molecule has 11 heavy (non-hydrogen) atoms. The van der Waals surface area contributed by atoms with Gasteiger partial charge in [-0.2, -0.15) is 26.2 Å². The molecule has 0 aromatic carbocycles.